The van der Waals surface area contributed by atoms with Crippen LogP contribution in [0.5, 0.6) is 0 Å². The van der Waals surface area contributed by atoms with Crippen molar-refractivity contribution < 1.29 is 30.0 Å². The number of para-hydroxylation sites is 7. The van der Waals surface area contributed by atoms with Gasteiger partial charge in [0, 0.05) is 94.4 Å². The SMILES string of the molecule is CC(=O)C=C(C)O.[Ir].[c-]1ccccc1-c1ccc2ccccc2n1.c1ccc(N(c2ccccc2)c2ccc(-c3ccc(N(c4ccccc4)c4ccc(-c5ccc(N(c6ccccc6)c6ccc(-c7ccc(N(c8ccccc8)c8ccccc8)cc7)cc6)cc5)cc4)cc3)cc2)cc1. The van der Waals surface area contributed by atoms with E-state index in [-0.39, 0.29) is 31.6 Å². The van der Waals surface area contributed by atoms with Crippen LogP contribution in [-0.2, 0) is 24.9 Å². The Morgan fingerprint density at radius 3 is 0.760 bits per heavy atom. The number of carbonyl (C=O) groups is 1. The average Bonchev–Trinajstić information content (AvgIpc) is 0.805. The number of ketones is 1. The molecule has 0 amide bonds. The molecule has 0 bridgehead atoms. The van der Waals surface area contributed by atoms with Crippen LogP contribution in [0.15, 0.2) is 400 Å². The number of allylic oxidation sites excluding steroid dienone is 2. The van der Waals surface area contributed by atoms with Crippen LogP contribution in [0.4, 0.5) is 68.2 Å². The fourth-order valence-electron chi connectivity index (χ4n) is 12.1. The summed E-state index contributed by atoms with van der Waals surface area (Å²) in [4.78, 5) is 23.9. The van der Waals surface area contributed by atoms with Gasteiger partial charge in [0.25, 0.3) is 0 Å². The van der Waals surface area contributed by atoms with Gasteiger partial charge in [-0.05, 0) is 210 Å². The Balaban J connectivity index is 0.000000333. The minimum Gasteiger partial charge on any atom is -0.512 e. The molecule has 1 radical (unpaired) electrons. The number of rotatable bonds is 17. The number of aliphatic hydroxyl groups excluding tert-OH is 1. The Labute approximate surface area is 600 Å². The van der Waals surface area contributed by atoms with E-state index in [4.69, 9.17) is 5.11 Å². The molecule has 14 aromatic carbocycles. The van der Waals surface area contributed by atoms with Gasteiger partial charge < -0.3 is 24.7 Å². The third-order valence-electron chi connectivity index (χ3n) is 16.8. The van der Waals surface area contributed by atoms with E-state index in [1.54, 1.807) is 0 Å². The third kappa shape index (κ3) is 16.7. The van der Waals surface area contributed by atoms with E-state index in [2.05, 4.69) is 370 Å². The predicted molar refractivity (Wildman–Crippen MR) is 415 cm³/mol. The zero-order chi connectivity index (χ0) is 67.5. The van der Waals surface area contributed by atoms with E-state index in [0.717, 1.165) is 118 Å². The summed E-state index contributed by atoms with van der Waals surface area (Å²) in [6.07, 6.45) is 1.17. The monoisotopic (exact) mass is 1470 g/mol. The topological polar surface area (TPSA) is 63.2 Å². The van der Waals surface area contributed by atoms with Crippen LogP contribution >= 0.6 is 0 Å². The summed E-state index contributed by atoms with van der Waals surface area (Å²) in [5.41, 5.74) is 23.2. The largest absolute Gasteiger partial charge is 0.512 e. The van der Waals surface area contributed by atoms with Crippen molar-refractivity contribution in [3.8, 4) is 44.6 Å². The number of fused-ring (bicyclic) bond motifs is 1. The molecule has 0 aliphatic heterocycles. The van der Waals surface area contributed by atoms with Crippen molar-refractivity contribution in [3.05, 3.63) is 406 Å². The molecule has 0 aliphatic rings. The number of pyridine rings is 1. The number of benzene rings is 14. The van der Waals surface area contributed by atoms with E-state index in [1.165, 1.54) is 25.3 Å². The molecule has 100 heavy (non-hydrogen) atoms. The average molecular weight is 1470 g/mol. The predicted octanol–water partition coefficient (Wildman–Crippen LogP) is 25.3. The number of hydrogen-bond donors (Lipinski definition) is 1. The Bertz CT molecular complexity index is 4720. The number of anilines is 12. The summed E-state index contributed by atoms with van der Waals surface area (Å²) in [5, 5.41) is 9.53. The molecule has 1 aromatic heterocycles. The van der Waals surface area contributed by atoms with Crippen LogP contribution in [0, 0.1) is 6.07 Å². The second-order valence-electron chi connectivity index (χ2n) is 23.7. The molecule has 0 saturated carbocycles. The van der Waals surface area contributed by atoms with Gasteiger partial charge in [-0.1, -0.05) is 212 Å². The molecule has 487 valence electrons. The molecule has 0 unspecified atom stereocenters. The van der Waals surface area contributed by atoms with Crippen molar-refractivity contribution in [3.63, 3.8) is 0 Å². The maximum Gasteiger partial charge on any atom is 0.155 e. The first kappa shape index (κ1) is 67.5. The maximum atomic E-state index is 10.0. The molecule has 15 aromatic rings. The number of nitrogens with zero attached hydrogens (tertiary/aromatic N) is 5. The van der Waals surface area contributed by atoms with E-state index >= 15 is 0 Å². The van der Waals surface area contributed by atoms with Crippen LogP contribution < -0.4 is 19.6 Å². The summed E-state index contributed by atoms with van der Waals surface area (Å²) in [6.45, 7) is 2.85. The van der Waals surface area contributed by atoms with E-state index in [1.807, 2.05) is 48.5 Å². The maximum absolute atomic E-state index is 10.0. The Morgan fingerprint density at radius 1 is 0.290 bits per heavy atom. The van der Waals surface area contributed by atoms with Gasteiger partial charge in [-0.25, -0.2) is 0 Å². The van der Waals surface area contributed by atoms with Crippen molar-refractivity contribution >= 4 is 84.9 Å². The van der Waals surface area contributed by atoms with Gasteiger partial charge in [0.05, 0.1) is 11.3 Å². The summed E-state index contributed by atoms with van der Waals surface area (Å²) in [7, 11) is 0. The summed E-state index contributed by atoms with van der Waals surface area (Å²) in [6, 6.07) is 140. The summed E-state index contributed by atoms with van der Waals surface area (Å²) < 4.78 is 0. The molecule has 1 N–H and O–H groups in total. The van der Waals surface area contributed by atoms with Crippen LogP contribution in [0.3, 0.4) is 0 Å². The molecule has 1 heterocycles. The Kier molecular flexibility index (Phi) is 22.3. The van der Waals surface area contributed by atoms with Crippen molar-refractivity contribution in [2.45, 2.75) is 13.8 Å². The van der Waals surface area contributed by atoms with Crippen molar-refractivity contribution in [2.75, 3.05) is 19.6 Å². The number of aromatic nitrogens is 1. The van der Waals surface area contributed by atoms with Gasteiger partial charge in [-0.2, -0.15) is 0 Å². The zero-order valence-electron chi connectivity index (χ0n) is 55.5. The number of carbonyl (C=O) groups excluding carboxylic acids is 1. The number of hydrogen-bond acceptors (Lipinski definition) is 7. The second kappa shape index (κ2) is 33.0. The Morgan fingerprint density at radius 2 is 0.530 bits per heavy atom. The first-order valence-electron chi connectivity index (χ1n) is 33.1. The minimum atomic E-state index is -0.125. The van der Waals surface area contributed by atoms with E-state index in [0.29, 0.717) is 0 Å². The van der Waals surface area contributed by atoms with Crippen LogP contribution in [0.1, 0.15) is 13.8 Å². The molecule has 7 nitrogen and oxygen atoms in total. The third-order valence-corrected chi connectivity index (χ3v) is 16.8. The van der Waals surface area contributed by atoms with Gasteiger partial charge >= 0.3 is 0 Å². The summed E-state index contributed by atoms with van der Waals surface area (Å²) in [5.74, 6) is -0.0625. The van der Waals surface area contributed by atoms with Crippen LogP contribution in [-0.4, -0.2) is 15.9 Å². The Hall–Kier alpha value is -12.5. The molecular formula is C92H72IrN5O2-. The quantitative estimate of drug-likeness (QED) is 0.0554. The molecule has 0 spiro atoms. The molecule has 0 fully saturated rings. The smallest absolute Gasteiger partial charge is 0.155 e. The first-order chi connectivity index (χ1) is 48.8. The van der Waals surface area contributed by atoms with Crippen LogP contribution in [0.2, 0.25) is 0 Å². The molecular weight excluding hydrogens is 1400 g/mol. The van der Waals surface area contributed by atoms with Gasteiger partial charge in [-0.15, -0.1) is 35.9 Å². The normalized spacial score (nSPS) is 10.8. The van der Waals surface area contributed by atoms with Crippen LogP contribution in [0.25, 0.3) is 55.5 Å². The van der Waals surface area contributed by atoms with Gasteiger partial charge in [-0.3, -0.25) is 9.78 Å². The fraction of sp³-hybridized carbons (Fsp3) is 0.0217. The first-order valence-corrected chi connectivity index (χ1v) is 33.1. The second-order valence-corrected chi connectivity index (χ2v) is 23.7. The van der Waals surface area contributed by atoms with Gasteiger partial charge in [0.2, 0.25) is 0 Å². The molecule has 0 saturated heterocycles. The summed E-state index contributed by atoms with van der Waals surface area (Å²) >= 11 is 0. The van der Waals surface area contributed by atoms with Crippen molar-refractivity contribution in [1.82, 2.24) is 4.98 Å². The zero-order valence-corrected chi connectivity index (χ0v) is 57.8. The van der Waals surface area contributed by atoms with Gasteiger partial charge in [0.15, 0.2) is 5.78 Å². The van der Waals surface area contributed by atoms with Crippen molar-refractivity contribution in [1.29, 1.82) is 0 Å². The molecule has 8 heteroatoms. The van der Waals surface area contributed by atoms with Gasteiger partial charge in [0.1, 0.15) is 0 Å². The number of aliphatic hydroxyl groups is 1. The molecule has 15 rings (SSSR count). The molecule has 0 aliphatic carbocycles. The standard InChI is InChI=1S/C72H54N4.C15H10N.C5H8O2.Ir/c1-7-19-61(20-8-1)73(62-21-9-2-10-22-62)67-43-31-55(32-44-67)57-35-47-69(48-36-57)75(65-27-15-5-16-28-65)71-51-39-59(40-52-71)60-41-53-72(54-42-60)76(66-29-17-6-18-30-66)70-49-37-58(38-50-70)56-33-45-68(46-34-56)74(63-23-11-3-12-24-63)64-25-13-4-14-26-64;1-2-6-12(7-3-1)15-11-10-13-8-4-5-9-14(13)16-15;1-4(6)3-5(2)7;/h1-54H;1-6,8-11H;3,6H,1-2H3;/q;-1;;. The minimum absolute atomic E-state index is 0. The van der Waals surface area contributed by atoms with E-state index < -0.39 is 0 Å². The van der Waals surface area contributed by atoms with E-state index in [9.17, 15) is 4.79 Å². The fourth-order valence-corrected chi connectivity index (χ4v) is 12.1. The van der Waals surface area contributed by atoms with Crippen molar-refractivity contribution in [2.24, 2.45) is 0 Å². The molecule has 0 atom stereocenters.